The van der Waals surface area contributed by atoms with E-state index in [-0.39, 0.29) is 12.5 Å². The lowest BCUT2D eigenvalue weighted by molar-refractivity contribution is -0.147. The average Bonchev–Trinajstić information content (AvgIpc) is 3.23. The fourth-order valence-electron chi connectivity index (χ4n) is 3.78. The van der Waals surface area contributed by atoms with E-state index in [9.17, 15) is 14.7 Å². The van der Waals surface area contributed by atoms with E-state index in [1.807, 2.05) is 79.0 Å². The second-order valence-corrected chi connectivity index (χ2v) is 7.36. The highest BCUT2D eigenvalue weighted by Crippen LogP contribution is 2.27. The molecule has 6 heteroatoms. The summed E-state index contributed by atoms with van der Waals surface area (Å²) in [6, 6.07) is 19.6. The largest absolute Gasteiger partial charge is 0.481 e. The summed E-state index contributed by atoms with van der Waals surface area (Å²) < 4.78 is 1.80. The van der Waals surface area contributed by atoms with Gasteiger partial charge in [-0.15, -0.1) is 0 Å². The molecule has 1 heterocycles. The van der Waals surface area contributed by atoms with E-state index >= 15 is 0 Å². The molecule has 4 rings (SSSR count). The minimum atomic E-state index is -0.929. The molecule has 0 spiro atoms. The van der Waals surface area contributed by atoms with Gasteiger partial charge in [0.05, 0.1) is 23.2 Å². The third-order valence-electron chi connectivity index (χ3n) is 5.40. The van der Waals surface area contributed by atoms with Gasteiger partial charge in [0.1, 0.15) is 0 Å². The van der Waals surface area contributed by atoms with Crippen molar-refractivity contribution in [1.82, 2.24) is 15.1 Å². The first kappa shape index (κ1) is 19.6. The zero-order valence-corrected chi connectivity index (χ0v) is 16.4. The summed E-state index contributed by atoms with van der Waals surface area (Å²) in [6.45, 7) is 0.280. The molecule has 2 N–H and O–H groups in total. The Bertz CT molecular complexity index is 1060. The standard InChI is InChI=1S/C24H23N3O3/c28-23(20-13-7-8-14-21(20)24(29)30)25-15-18-16-27(19-11-5-2-6-12-19)26-22(18)17-9-3-1-4-10-17/h1-12,16,20-21H,13-15H2,(H,25,28)(H,29,30)/t20-,21-/m0/s1. The lowest BCUT2D eigenvalue weighted by atomic mass is 9.82. The van der Waals surface area contributed by atoms with Crippen LogP contribution in [0.25, 0.3) is 16.9 Å². The molecule has 0 bridgehead atoms. The maximum Gasteiger partial charge on any atom is 0.307 e. The van der Waals surface area contributed by atoms with Crippen molar-refractivity contribution < 1.29 is 14.7 Å². The molecule has 6 nitrogen and oxygen atoms in total. The molecular formula is C24H23N3O3. The number of hydrogen-bond donors (Lipinski definition) is 2. The predicted octanol–water partition coefficient (Wildman–Crippen LogP) is 3.82. The molecule has 1 aliphatic rings. The molecule has 2 atom stereocenters. The summed E-state index contributed by atoms with van der Waals surface area (Å²) in [4.78, 5) is 24.3. The number of carboxylic acids is 1. The van der Waals surface area contributed by atoms with Crippen LogP contribution in [0.3, 0.4) is 0 Å². The Kier molecular flexibility index (Phi) is 5.75. The number of para-hydroxylation sites is 1. The summed E-state index contributed by atoms with van der Waals surface area (Å²) in [5, 5.41) is 17.1. The van der Waals surface area contributed by atoms with Gasteiger partial charge in [-0.2, -0.15) is 5.10 Å². The first-order valence-corrected chi connectivity index (χ1v) is 9.98. The molecular weight excluding hydrogens is 378 g/mol. The van der Waals surface area contributed by atoms with Crippen LogP contribution in [-0.4, -0.2) is 26.8 Å². The smallest absolute Gasteiger partial charge is 0.307 e. The Morgan fingerprint density at radius 3 is 2.27 bits per heavy atom. The number of rotatable bonds is 6. The first-order chi connectivity index (χ1) is 14.6. The Morgan fingerprint density at radius 2 is 1.60 bits per heavy atom. The Morgan fingerprint density at radius 1 is 0.967 bits per heavy atom. The molecule has 152 valence electrons. The van der Waals surface area contributed by atoms with E-state index in [0.717, 1.165) is 22.5 Å². The van der Waals surface area contributed by atoms with Gasteiger partial charge in [0.25, 0.3) is 0 Å². The zero-order valence-electron chi connectivity index (χ0n) is 16.4. The minimum Gasteiger partial charge on any atom is -0.481 e. The molecule has 0 radical (unpaired) electrons. The van der Waals surface area contributed by atoms with Gasteiger partial charge >= 0.3 is 5.97 Å². The van der Waals surface area contributed by atoms with Crippen LogP contribution in [0.5, 0.6) is 0 Å². The molecule has 0 aliphatic heterocycles. The van der Waals surface area contributed by atoms with Crippen molar-refractivity contribution in [1.29, 1.82) is 0 Å². The third kappa shape index (κ3) is 4.17. The predicted molar refractivity (Wildman–Crippen MR) is 114 cm³/mol. The normalized spacial score (nSPS) is 18.1. The van der Waals surface area contributed by atoms with Gasteiger partial charge in [-0.05, 0) is 25.0 Å². The maximum atomic E-state index is 12.8. The molecule has 1 aromatic heterocycles. The zero-order chi connectivity index (χ0) is 20.9. The summed E-state index contributed by atoms with van der Waals surface area (Å²) in [7, 11) is 0. The summed E-state index contributed by atoms with van der Waals surface area (Å²) >= 11 is 0. The number of hydrogen-bond acceptors (Lipinski definition) is 3. The van der Waals surface area contributed by atoms with Crippen molar-refractivity contribution in [3.63, 3.8) is 0 Å². The molecule has 1 aliphatic carbocycles. The fraction of sp³-hybridized carbons (Fsp3) is 0.208. The third-order valence-corrected chi connectivity index (χ3v) is 5.40. The molecule has 0 fully saturated rings. The van der Waals surface area contributed by atoms with E-state index in [1.54, 1.807) is 4.68 Å². The van der Waals surface area contributed by atoms with Crippen molar-refractivity contribution in [2.75, 3.05) is 0 Å². The van der Waals surface area contributed by atoms with E-state index in [4.69, 9.17) is 5.10 Å². The van der Waals surface area contributed by atoms with E-state index in [0.29, 0.717) is 12.8 Å². The number of carboxylic acid groups (broad SMARTS) is 1. The molecule has 2 aromatic carbocycles. The number of aliphatic carboxylic acids is 1. The van der Waals surface area contributed by atoms with Crippen LogP contribution in [0.2, 0.25) is 0 Å². The number of carbonyl (C=O) groups is 2. The molecule has 30 heavy (non-hydrogen) atoms. The highest BCUT2D eigenvalue weighted by atomic mass is 16.4. The van der Waals surface area contributed by atoms with Gasteiger partial charge in [-0.25, -0.2) is 4.68 Å². The van der Waals surface area contributed by atoms with Crippen molar-refractivity contribution in [3.05, 3.63) is 84.6 Å². The Labute approximate surface area is 174 Å². The first-order valence-electron chi connectivity index (χ1n) is 9.98. The van der Waals surface area contributed by atoms with Crippen molar-refractivity contribution >= 4 is 11.9 Å². The van der Waals surface area contributed by atoms with Gasteiger partial charge in [-0.3, -0.25) is 9.59 Å². The number of amides is 1. The van der Waals surface area contributed by atoms with E-state index in [2.05, 4.69) is 5.32 Å². The SMILES string of the molecule is O=C(O)[C@H]1CC=CC[C@@H]1C(=O)NCc1cn(-c2ccccc2)nc1-c1ccccc1. The van der Waals surface area contributed by atoms with Gasteiger partial charge in [0.15, 0.2) is 0 Å². The summed E-state index contributed by atoms with van der Waals surface area (Å²) in [6.07, 6.45) is 6.45. The van der Waals surface area contributed by atoms with Crippen LogP contribution in [0.1, 0.15) is 18.4 Å². The Balaban J connectivity index is 1.58. The highest BCUT2D eigenvalue weighted by molar-refractivity contribution is 5.85. The number of benzene rings is 2. The van der Waals surface area contributed by atoms with Crippen LogP contribution >= 0.6 is 0 Å². The number of nitrogens with one attached hydrogen (secondary N) is 1. The van der Waals surface area contributed by atoms with Crippen LogP contribution < -0.4 is 5.32 Å². The lowest BCUT2D eigenvalue weighted by Crippen LogP contribution is -2.38. The van der Waals surface area contributed by atoms with Gasteiger partial charge in [-0.1, -0.05) is 60.7 Å². The average molecular weight is 401 g/mol. The van der Waals surface area contributed by atoms with Crippen LogP contribution in [0.15, 0.2) is 79.0 Å². The second-order valence-electron chi connectivity index (χ2n) is 7.36. The number of carbonyl (C=O) groups excluding carboxylic acids is 1. The molecule has 3 aromatic rings. The molecule has 0 saturated carbocycles. The van der Waals surface area contributed by atoms with Crippen LogP contribution in [0, 0.1) is 11.8 Å². The molecule has 0 saturated heterocycles. The molecule has 0 unspecified atom stereocenters. The fourth-order valence-corrected chi connectivity index (χ4v) is 3.78. The van der Waals surface area contributed by atoms with Gasteiger partial charge in [0.2, 0.25) is 5.91 Å². The van der Waals surface area contributed by atoms with E-state index in [1.165, 1.54) is 0 Å². The number of aromatic nitrogens is 2. The lowest BCUT2D eigenvalue weighted by Gasteiger charge is -2.24. The minimum absolute atomic E-state index is 0.238. The number of nitrogens with zero attached hydrogens (tertiary/aromatic N) is 2. The second kappa shape index (κ2) is 8.78. The van der Waals surface area contributed by atoms with Gasteiger partial charge in [0, 0.05) is 23.9 Å². The summed E-state index contributed by atoms with van der Waals surface area (Å²) in [5.41, 5.74) is 3.55. The quantitative estimate of drug-likeness (QED) is 0.615. The van der Waals surface area contributed by atoms with Crippen molar-refractivity contribution in [2.24, 2.45) is 11.8 Å². The Hall–Kier alpha value is -3.67. The summed E-state index contributed by atoms with van der Waals surface area (Å²) in [5.74, 6) is -2.41. The molecule has 1 amide bonds. The number of allylic oxidation sites excluding steroid dienone is 2. The van der Waals surface area contributed by atoms with Crippen LogP contribution in [0.4, 0.5) is 0 Å². The maximum absolute atomic E-state index is 12.8. The topological polar surface area (TPSA) is 84.2 Å². The van der Waals surface area contributed by atoms with Gasteiger partial charge < -0.3 is 10.4 Å². The van der Waals surface area contributed by atoms with Crippen molar-refractivity contribution in [3.8, 4) is 16.9 Å². The van der Waals surface area contributed by atoms with Crippen LogP contribution in [-0.2, 0) is 16.1 Å². The monoisotopic (exact) mass is 401 g/mol. The van der Waals surface area contributed by atoms with Crippen molar-refractivity contribution in [2.45, 2.75) is 19.4 Å². The van der Waals surface area contributed by atoms with E-state index < -0.39 is 17.8 Å². The highest BCUT2D eigenvalue weighted by Gasteiger charge is 2.33.